The highest BCUT2D eigenvalue weighted by Gasteiger charge is 2.27. The van der Waals surface area contributed by atoms with Gasteiger partial charge in [-0.1, -0.05) is 41.0 Å². The first-order valence-corrected chi connectivity index (χ1v) is 15.5. The Morgan fingerprint density at radius 3 is 2.34 bits per heavy atom. The molecule has 0 bridgehead atoms. The van der Waals surface area contributed by atoms with E-state index in [9.17, 15) is 18.0 Å². The van der Waals surface area contributed by atoms with Crippen molar-refractivity contribution in [3.05, 3.63) is 94.0 Å². The van der Waals surface area contributed by atoms with Crippen LogP contribution >= 0.6 is 11.6 Å². The van der Waals surface area contributed by atoms with Crippen molar-refractivity contribution in [1.82, 2.24) is 0 Å². The Bertz CT molecular complexity index is 1650. The smallest absolute Gasteiger partial charge is 0.368 e. The van der Waals surface area contributed by atoms with Crippen LogP contribution in [0.5, 0.6) is 0 Å². The lowest BCUT2D eigenvalue weighted by atomic mass is 10.0. The summed E-state index contributed by atoms with van der Waals surface area (Å²) >= 11 is 6.20. The average molecular weight is 642 g/mol. The lowest BCUT2D eigenvalue weighted by Crippen LogP contribution is -2.16. The van der Waals surface area contributed by atoms with E-state index in [4.69, 9.17) is 30.6 Å². The molecule has 3 aromatic rings. The molecule has 0 aliphatic carbocycles. The van der Waals surface area contributed by atoms with Gasteiger partial charge in [0.25, 0.3) is 10.0 Å². The van der Waals surface area contributed by atoms with Gasteiger partial charge in [-0.05, 0) is 61.0 Å². The van der Waals surface area contributed by atoms with E-state index in [1.807, 2.05) is 50.2 Å². The molecule has 44 heavy (non-hydrogen) atoms. The number of sulfonamides is 1. The van der Waals surface area contributed by atoms with Crippen LogP contribution in [0.1, 0.15) is 28.4 Å². The van der Waals surface area contributed by atoms with Crippen molar-refractivity contribution in [2.75, 3.05) is 56.8 Å². The predicted octanol–water partition coefficient (Wildman–Crippen LogP) is 4.76. The monoisotopic (exact) mass is 641 g/mol. The normalized spacial score (nSPS) is 13.9. The fraction of sp³-hybridized carbons (Fsp3) is 0.258. The molecule has 0 fully saturated rings. The molecule has 1 heterocycles. The second-order valence-electron chi connectivity index (χ2n) is 9.64. The summed E-state index contributed by atoms with van der Waals surface area (Å²) in [5.74, 6) is -1.31. The summed E-state index contributed by atoms with van der Waals surface area (Å²) in [6.07, 6.45) is 1.68. The van der Waals surface area contributed by atoms with Crippen molar-refractivity contribution < 1.29 is 37.1 Å². The molecule has 11 nitrogen and oxygen atoms in total. The van der Waals surface area contributed by atoms with Crippen LogP contribution in [0.3, 0.4) is 0 Å². The van der Waals surface area contributed by atoms with Crippen molar-refractivity contribution in [3.8, 4) is 0 Å². The molecular weight excluding hydrogens is 610 g/mol. The molecule has 0 aromatic heterocycles. The van der Waals surface area contributed by atoms with Gasteiger partial charge in [0.2, 0.25) is 0 Å². The van der Waals surface area contributed by atoms with Crippen LogP contribution in [0, 0.1) is 0 Å². The number of rotatable bonds is 14. The van der Waals surface area contributed by atoms with Gasteiger partial charge < -0.3 is 23.9 Å². The van der Waals surface area contributed by atoms with Crippen LogP contribution in [0.25, 0.3) is 6.08 Å². The first-order valence-electron chi connectivity index (χ1n) is 13.6. The number of halogens is 1. The van der Waals surface area contributed by atoms with Gasteiger partial charge >= 0.3 is 11.9 Å². The van der Waals surface area contributed by atoms with Crippen LogP contribution in [-0.2, 0) is 33.9 Å². The standard InChI is InChI=1S/C31H32ClN3O8S/c1-4-40-15-16-41-17-18-42-30(36)23-9-14-27(32)28(20-23)44(38,39)34-24-10-7-22(8-11-24)29-26(31(37)43-33-29)19-21-5-12-25(13-6-21)35(2)3/h5-14,19-20,34H,4,15-18H2,1-3H3. The minimum atomic E-state index is -4.19. The molecule has 0 radical (unpaired) electrons. The minimum Gasteiger partial charge on any atom is -0.460 e. The fourth-order valence-electron chi connectivity index (χ4n) is 4.04. The number of oxime groups is 1. The number of hydrogen-bond acceptors (Lipinski definition) is 10. The van der Waals surface area contributed by atoms with Gasteiger partial charge in [-0.25, -0.2) is 18.0 Å². The number of esters is 1. The van der Waals surface area contributed by atoms with Crippen molar-refractivity contribution in [3.63, 3.8) is 0 Å². The van der Waals surface area contributed by atoms with Crippen LogP contribution in [0.2, 0.25) is 5.02 Å². The molecule has 3 aromatic carbocycles. The summed E-state index contributed by atoms with van der Waals surface area (Å²) < 4.78 is 44.5. The third-order valence-electron chi connectivity index (χ3n) is 6.32. The van der Waals surface area contributed by atoms with Gasteiger partial charge in [-0.3, -0.25) is 4.72 Å². The van der Waals surface area contributed by atoms with Gasteiger partial charge in [0, 0.05) is 37.6 Å². The summed E-state index contributed by atoms with van der Waals surface area (Å²) in [6, 6.07) is 17.7. The van der Waals surface area contributed by atoms with Crippen molar-refractivity contribution in [1.29, 1.82) is 0 Å². The molecule has 1 aliphatic heterocycles. The first kappa shape index (κ1) is 32.7. The number of carbonyl (C=O) groups excluding carboxylic acids is 2. The Balaban J connectivity index is 1.43. The third-order valence-corrected chi connectivity index (χ3v) is 8.18. The Labute approximate surface area is 261 Å². The number of carbonyl (C=O) groups is 2. The van der Waals surface area contributed by atoms with E-state index in [1.54, 1.807) is 18.2 Å². The maximum atomic E-state index is 13.2. The molecule has 0 spiro atoms. The SMILES string of the molecule is CCOCCOCCOC(=O)c1ccc(Cl)c(S(=O)(=O)Nc2ccc(C3=NOC(=O)C3=Cc3ccc(N(C)C)cc3)cc2)c1. The number of nitrogens with zero attached hydrogens (tertiary/aromatic N) is 2. The molecule has 232 valence electrons. The molecular formula is C31H32ClN3O8S. The van der Waals surface area contributed by atoms with Crippen molar-refractivity contribution in [2.45, 2.75) is 11.8 Å². The predicted molar refractivity (Wildman–Crippen MR) is 168 cm³/mol. The van der Waals surface area contributed by atoms with Crippen LogP contribution in [-0.4, -0.2) is 73.2 Å². The largest absolute Gasteiger partial charge is 0.460 e. The second kappa shape index (κ2) is 15.0. The highest BCUT2D eigenvalue weighted by molar-refractivity contribution is 7.92. The van der Waals surface area contributed by atoms with Gasteiger partial charge in [0.05, 0.1) is 36.0 Å². The molecule has 4 rings (SSSR count). The van der Waals surface area contributed by atoms with Gasteiger partial charge in [-0.15, -0.1) is 0 Å². The highest BCUT2D eigenvalue weighted by atomic mass is 35.5. The molecule has 0 amide bonds. The van der Waals surface area contributed by atoms with Crippen molar-refractivity contribution >= 4 is 56.7 Å². The maximum absolute atomic E-state index is 13.2. The molecule has 0 atom stereocenters. The average Bonchev–Trinajstić information content (AvgIpc) is 3.36. The van der Waals surface area contributed by atoms with Gasteiger partial charge in [0.1, 0.15) is 17.2 Å². The van der Waals surface area contributed by atoms with E-state index in [-0.39, 0.29) is 40.0 Å². The molecule has 0 saturated carbocycles. The number of benzene rings is 3. The second-order valence-corrected chi connectivity index (χ2v) is 11.7. The van der Waals surface area contributed by atoms with E-state index >= 15 is 0 Å². The third kappa shape index (κ3) is 8.44. The van der Waals surface area contributed by atoms with Crippen LogP contribution in [0.4, 0.5) is 11.4 Å². The van der Waals surface area contributed by atoms with E-state index in [0.29, 0.717) is 31.1 Å². The van der Waals surface area contributed by atoms with Gasteiger partial charge in [-0.2, -0.15) is 0 Å². The number of hydrogen-bond donors (Lipinski definition) is 1. The molecule has 0 saturated heterocycles. The fourth-order valence-corrected chi connectivity index (χ4v) is 5.62. The lowest BCUT2D eigenvalue weighted by Gasteiger charge is -2.12. The lowest BCUT2D eigenvalue weighted by molar-refractivity contribution is -0.136. The zero-order valence-electron chi connectivity index (χ0n) is 24.4. The molecule has 1 N–H and O–H groups in total. The van der Waals surface area contributed by atoms with E-state index < -0.39 is 22.0 Å². The Kier molecular flexibility index (Phi) is 11.1. The summed E-state index contributed by atoms with van der Waals surface area (Å²) in [6.45, 7) is 3.42. The van der Waals surface area contributed by atoms with E-state index in [1.165, 1.54) is 24.3 Å². The number of nitrogens with one attached hydrogen (secondary N) is 1. The van der Waals surface area contributed by atoms with Crippen molar-refractivity contribution in [2.24, 2.45) is 5.16 Å². The van der Waals surface area contributed by atoms with Gasteiger partial charge in [0.15, 0.2) is 0 Å². The van der Waals surface area contributed by atoms with Crippen LogP contribution < -0.4 is 9.62 Å². The molecule has 1 aliphatic rings. The number of anilines is 2. The molecule has 13 heteroatoms. The quantitative estimate of drug-likeness (QED) is 0.114. The Morgan fingerprint density at radius 1 is 0.977 bits per heavy atom. The minimum absolute atomic E-state index is 0.0121. The van der Waals surface area contributed by atoms with E-state index in [0.717, 1.165) is 17.3 Å². The zero-order valence-corrected chi connectivity index (χ0v) is 26.0. The highest BCUT2D eigenvalue weighted by Crippen LogP contribution is 2.27. The summed E-state index contributed by atoms with van der Waals surface area (Å²) in [5.41, 5.74) is 3.15. The Hall–Kier alpha value is -4.23. The van der Waals surface area contributed by atoms with Crippen LogP contribution in [0.15, 0.2) is 82.4 Å². The first-order chi connectivity index (χ1) is 21.1. The summed E-state index contributed by atoms with van der Waals surface area (Å²) in [4.78, 5) is 31.5. The topological polar surface area (TPSA) is 133 Å². The summed E-state index contributed by atoms with van der Waals surface area (Å²) in [5, 5.41) is 3.85. The maximum Gasteiger partial charge on any atom is 0.368 e. The Morgan fingerprint density at radius 2 is 1.66 bits per heavy atom. The van der Waals surface area contributed by atoms with E-state index in [2.05, 4.69) is 9.88 Å². The molecule has 0 unspecified atom stereocenters. The number of ether oxygens (including phenoxy) is 3. The zero-order chi connectivity index (χ0) is 31.7. The summed E-state index contributed by atoms with van der Waals surface area (Å²) in [7, 11) is -0.323.